The van der Waals surface area contributed by atoms with Crippen molar-refractivity contribution >= 4 is 65.4 Å². The van der Waals surface area contributed by atoms with Crippen molar-refractivity contribution < 1.29 is 0 Å². The number of hydrogen-bond acceptors (Lipinski definition) is 0. The standard InChI is InChI=1S/C48H31N3/c1-3-15-33(16-4-1)49-42-24-12-9-21-37(42)40-31-32(27-29-45(40)49)35-19-7-11-23-41(35)51-43-25-13-8-20-36(43)38-28-30-46-47(48(38)51)39-22-10-14-26-44(39)50(46)34-17-5-2-6-18-34/h1-31H. The molecule has 0 aliphatic heterocycles. The summed E-state index contributed by atoms with van der Waals surface area (Å²) in [6.07, 6.45) is 0. The molecule has 0 atom stereocenters. The van der Waals surface area contributed by atoms with Crippen LogP contribution in [0.3, 0.4) is 0 Å². The van der Waals surface area contributed by atoms with E-state index in [-0.39, 0.29) is 0 Å². The average Bonchev–Trinajstić information content (AvgIpc) is 3.84. The minimum atomic E-state index is 1.16. The van der Waals surface area contributed by atoms with Crippen molar-refractivity contribution in [3.8, 4) is 28.2 Å². The first kappa shape index (κ1) is 28.0. The Kier molecular flexibility index (Phi) is 5.96. The van der Waals surface area contributed by atoms with Crippen molar-refractivity contribution in [1.29, 1.82) is 0 Å². The van der Waals surface area contributed by atoms with Crippen LogP contribution in [0.5, 0.6) is 0 Å². The van der Waals surface area contributed by atoms with E-state index < -0.39 is 0 Å². The Labute approximate surface area is 294 Å². The van der Waals surface area contributed by atoms with E-state index in [1.54, 1.807) is 0 Å². The first-order valence-electron chi connectivity index (χ1n) is 17.5. The highest BCUT2D eigenvalue weighted by molar-refractivity contribution is 6.26. The Morgan fingerprint density at radius 1 is 0.294 bits per heavy atom. The van der Waals surface area contributed by atoms with Crippen LogP contribution in [-0.4, -0.2) is 13.7 Å². The van der Waals surface area contributed by atoms with Gasteiger partial charge in [-0.15, -0.1) is 0 Å². The molecule has 3 aromatic heterocycles. The van der Waals surface area contributed by atoms with Crippen LogP contribution in [0, 0.1) is 0 Å². The van der Waals surface area contributed by atoms with Gasteiger partial charge >= 0.3 is 0 Å². The van der Waals surface area contributed by atoms with Gasteiger partial charge < -0.3 is 13.7 Å². The number of rotatable bonds is 4. The summed E-state index contributed by atoms with van der Waals surface area (Å²) in [5, 5.41) is 7.52. The van der Waals surface area contributed by atoms with Crippen LogP contribution >= 0.6 is 0 Å². The van der Waals surface area contributed by atoms with Crippen LogP contribution < -0.4 is 0 Å². The Hall–Kier alpha value is -6.84. The maximum absolute atomic E-state index is 2.52. The molecule has 0 amide bonds. The molecule has 0 aliphatic carbocycles. The number of benzene rings is 8. The van der Waals surface area contributed by atoms with Gasteiger partial charge in [0.25, 0.3) is 0 Å². The van der Waals surface area contributed by atoms with Crippen LogP contribution in [0.2, 0.25) is 0 Å². The van der Waals surface area contributed by atoms with E-state index in [0.717, 1.165) is 5.69 Å². The number of aromatic nitrogens is 3. The Morgan fingerprint density at radius 2 is 0.784 bits per heavy atom. The third kappa shape index (κ3) is 4.00. The van der Waals surface area contributed by atoms with Gasteiger partial charge in [-0.1, -0.05) is 121 Å². The molecule has 0 aliphatic rings. The lowest BCUT2D eigenvalue weighted by atomic mass is 10.0. The molecule has 0 saturated carbocycles. The van der Waals surface area contributed by atoms with Crippen LogP contribution in [0.15, 0.2) is 188 Å². The van der Waals surface area contributed by atoms with Gasteiger partial charge in [-0.25, -0.2) is 0 Å². The molecule has 3 heteroatoms. The molecule has 8 aromatic carbocycles. The maximum Gasteiger partial charge on any atom is 0.0641 e. The van der Waals surface area contributed by atoms with E-state index in [1.165, 1.54) is 87.9 Å². The first-order chi connectivity index (χ1) is 25.3. The van der Waals surface area contributed by atoms with Gasteiger partial charge in [-0.3, -0.25) is 0 Å². The normalized spacial score (nSPS) is 11.9. The van der Waals surface area contributed by atoms with Gasteiger partial charge in [-0.05, 0) is 72.3 Å². The molecule has 3 heterocycles. The quantitative estimate of drug-likeness (QED) is 0.180. The molecule has 0 N–H and O–H groups in total. The maximum atomic E-state index is 2.52. The highest BCUT2D eigenvalue weighted by Crippen LogP contribution is 2.44. The minimum Gasteiger partial charge on any atom is -0.309 e. The van der Waals surface area contributed by atoms with E-state index in [4.69, 9.17) is 0 Å². The molecule has 51 heavy (non-hydrogen) atoms. The summed E-state index contributed by atoms with van der Waals surface area (Å²) in [5.74, 6) is 0. The lowest BCUT2D eigenvalue weighted by Crippen LogP contribution is -1.98. The number of fused-ring (bicyclic) bond motifs is 10. The second kappa shape index (κ2) is 10.8. The highest BCUT2D eigenvalue weighted by Gasteiger charge is 2.22. The summed E-state index contributed by atoms with van der Waals surface area (Å²) >= 11 is 0. The van der Waals surface area contributed by atoms with Crippen molar-refractivity contribution in [2.75, 3.05) is 0 Å². The van der Waals surface area contributed by atoms with Gasteiger partial charge in [0, 0.05) is 49.3 Å². The molecule has 0 saturated heterocycles. The van der Waals surface area contributed by atoms with Crippen molar-refractivity contribution in [1.82, 2.24) is 13.7 Å². The minimum absolute atomic E-state index is 1.16. The fourth-order valence-corrected chi connectivity index (χ4v) is 8.52. The monoisotopic (exact) mass is 649 g/mol. The van der Waals surface area contributed by atoms with E-state index in [2.05, 4.69) is 202 Å². The van der Waals surface area contributed by atoms with E-state index in [1.807, 2.05) is 0 Å². The largest absolute Gasteiger partial charge is 0.309 e. The van der Waals surface area contributed by atoms with Crippen molar-refractivity contribution in [2.24, 2.45) is 0 Å². The van der Waals surface area contributed by atoms with Gasteiger partial charge in [0.15, 0.2) is 0 Å². The predicted octanol–water partition coefficient (Wildman–Crippen LogP) is 12.6. The number of para-hydroxylation sites is 6. The van der Waals surface area contributed by atoms with E-state index in [0.29, 0.717) is 0 Å². The zero-order chi connectivity index (χ0) is 33.5. The topological polar surface area (TPSA) is 14.8 Å². The summed E-state index contributed by atoms with van der Waals surface area (Å²) in [7, 11) is 0. The molecule has 3 nitrogen and oxygen atoms in total. The molecule has 0 bridgehead atoms. The predicted molar refractivity (Wildman–Crippen MR) is 215 cm³/mol. The second-order valence-corrected chi connectivity index (χ2v) is 13.3. The smallest absolute Gasteiger partial charge is 0.0641 e. The molecule has 11 rings (SSSR count). The first-order valence-corrected chi connectivity index (χ1v) is 17.5. The van der Waals surface area contributed by atoms with E-state index >= 15 is 0 Å². The van der Waals surface area contributed by atoms with Crippen LogP contribution in [0.1, 0.15) is 0 Å². The molecule has 0 unspecified atom stereocenters. The zero-order valence-electron chi connectivity index (χ0n) is 27.7. The summed E-state index contributed by atoms with van der Waals surface area (Å²) in [5.41, 5.74) is 13.1. The van der Waals surface area contributed by atoms with Crippen LogP contribution in [-0.2, 0) is 0 Å². The molecule has 11 aromatic rings. The zero-order valence-corrected chi connectivity index (χ0v) is 27.7. The fourth-order valence-electron chi connectivity index (χ4n) is 8.52. The van der Waals surface area contributed by atoms with Crippen molar-refractivity contribution in [2.45, 2.75) is 0 Å². The van der Waals surface area contributed by atoms with Gasteiger partial charge in [-0.2, -0.15) is 0 Å². The molecule has 238 valence electrons. The Balaban J connectivity index is 1.23. The Bertz CT molecular complexity index is 3120. The van der Waals surface area contributed by atoms with Crippen molar-refractivity contribution in [3.05, 3.63) is 188 Å². The van der Waals surface area contributed by atoms with Gasteiger partial charge in [0.2, 0.25) is 0 Å². The van der Waals surface area contributed by atoms with E-state index in [9.17, 15) is 0 Å². The molecule has 0 fully saturated rings. The summed E-state index contributed by atoms with van der Waals surface area (Å²) in [6.45, 7) is 0. The molecule has 0 radical (unpaired) electrons. The number of hydrogen-bond donors (Lipinski definition) is 0. The fraction of sp³-hybridized carbons (Fsp3) is 0. The highest BCUT2D eigenvalue weighted by atomic mass is 15.0. The average molecular weight is 650 g/mol. The molecular formula is C48H31N3. The van der Waals surface area contributed by atoms with Crippen LogP contribution in [0.4, 0.5) is 0 Å². The lowest BCUT2D eigenvalue weighted by molar-refractivity contribution is 1.17. The summed E-state index contributed by atoms with van der Waals surface area (Å²) < 4.78 is 7.31. The molecular weight excluding hydrogens is 619 g/mol. The second-order valence-electron chi connectivity index (χ2n) is 13.3. The SMILES string of the molecule is c1ccc(-n2c3ccccc3c3cc(-c4ccccc4-n4c5ccccc5c5ccc6c(c7ccccc7n6-c6ccccc6)c54)ccc32)cc1. The third-order valence-corrected chi connectivity index (χ3v) is 10.6. The summed E-state index contributed by atoms with van der Waals surface area (Å²) in [6, 6.07) is 68.4. The van der Waals surface area contributed by atoms with Crippen LogP contribution in [0.25, 0.3) is 93.6 Å². The lowest BCUT2D eigenvalue weighted by Gasteiger charge is -2.15. The molecule has 0 spiro atoms. The summed E-state index contributed by atoms with van der Waals surface area (Å²) in [4.78, 5) is 0. The number of nitrogens with zero attached hydrogens (tertiary/aromatic N) is 3. The van der Waals surface area contributed by atoms with Gasteiger partial charge in [0.05, 0.1) is 38.8 Å². The van der Waals surface area contributed by atoms with Crippen molar-refractivity contribution in [3.63, 3.8) is 0 Å². The third-order valence-electron chi connectivity index (χ3n) is 10.6. The Morgan fingerprint density at radius 3 is 1.49 bits per heavy atom. The van der Waals surface area contributed by atoms with Gasteiger partial charge in [0.1, 0.15) is 0 Å².